The standard InChI is InChI=1S/C16H18ClN3O2S/c1-10(11-5-2-3-6-12(11)17)19-15(21)9-13(20-16(18)22)14-7-4-8-23-14/h2-8,10,13H,9H2,1H3,(H,19,21)(H3,18,20,22)/t10-,13+/m1/s1. The molecule has 1 heterocycles. The molecule has 0 bridgehead atoms. The van der Waals surface area contributed by atoms with E-state index < -0.39 is 12.1 Å². The van der Waals surface area contributed by atoms with Crippen molar-refractivity contribution >= 4 is 34.9 Å². The molecule has 1 aromatic carbocycles. The van der Waals surface area contributed by atoms with E-state index >= 15 is 0 Å². The first kappa shape index (κ1) is 17.3. The summed E-state index contributed by atoms with van der Waals surface area (Å²) >= 11 is 7.60. The van der Waals surface area contributed by atoms with Gasteiger partial charge in [-0.2, -0.15) is 0 Å². The van der Waals surface area contributed by atoms with Crippen molar-refractivity contribution in [1.29, 1.82) is 0 Å². The van der Waals surface area contributed by atoms with Crippen LogP contribution in [0.1, 0.15) is 35.9 Å². The summed E-state index contributed by atoms with van der Waals surface area (Å²) in [6, 6.07) is 9.75. The summed E-state index contributed by atoms with van der Waals surface area (Å²) in [5, 5.41) is 7.98. The Morgan fingerprint density at radius 2 is 1.96 bits per heavy atom. The Bertz CT molecular complexity index is 676. The Morgan fingerprint density at radius 1 is 1.22 bits per heavy atom. The molecule has 122 valence electrons. The molecule has 0 spiro atoms. The fraction of sp³-hybridized carbons (Fsp3) is 0.250. The zero-order valence-electron chi connectivity index (χ0n) is 12.6. The van der Waals surface area contributed by atoms with Gasteiger partial charge in [0.05, 0.1) is 18.5 Å². The molecule has 0 aliphatic carbocycles. The molecule has 1 aromatic heterocycles. The largest absolute Gasteiger partial charge is 0.352 e. The van der Waals surface area contributed by atoms with Crippen molar-refractivity contribution in [2.45, 2.75) is 25.4 Å². The maximum atomic E-state index is 12.3. The summed E-state index contributed by atoms with van der Waals surface area (Å²) in [6.07, 6.45) is 0.109. The molecule has 2 rings (SSSR count). The number of benzene rings is 1. The van der Waals surface area contributed by atoms with Crippen LogP contribution >= 0.6 is 22.9 Å². The molecule has 7 heteroatoms. The number of carbonyl (C=O) groups is 2. The molecule has 0 aliphatic heterocycles. The van der Waals surface area contributed by atoms with Gasteiger partial charge in [-0.25, -0.2) is 4.79 Å². The average molecular weight is 352 g/mol. The highest BCUT2D eigenvalue weighted by atomic mass is 35.5. The van der Waals surface area contributed by atoms with Crippen molar-refractivity contribution in [3.05, 3.63) is 57.2 Å². The molecular weight excluding hydrogens is 334 g/mol. The Kier molecular flexibility index (Phi) is 6.01. The van der Waals surface area contributed by atoms with Crippen LogP contribution in [0.3, 0.4) is 0 Å². The highest BCUT2D eigenvalue weighted by Crippen LogP contribution is 2.24. The van der Waals surface area contributed by atoms with E-state index in [0.717, 1.165) is 10.4 Å². The van der Waals surface area contributed by atoms with Crippen LogP contribution in [0.15, 0.2) is 41.8 Å². The fourth-order valence-corrected chi connectivity index (χ4v) is 3.35. The number of nitrogens with one attached hydrogen (secondary N) is 2. The average Bonchev–Trinajstić information content (AvgIpc) is 3.00. The number of hydrogen-bond acceptors (Lipinski definition) is 3. The van der Waals surface area contributed by atoms with Crippen LogP contribution in [-0.2, 0) is 4.79 Å². The molecule has 0 saturated carbocycles. The third-order valence-electron chi connectivity index (χ3n) is 3.34. The van der Waals surface area contributed by atoms with Gasteiger partial charge in [0, 0.05) is 9.90 Å². The number of rotatable bonds is 6. The number of halogens is 1. The van der Waals surface area contributed by atoms with E-state index in [9.17, 15) is 9.59 Å². The van der Waals surface area contributed by atoms with Crippen LogP contribution in [0, 0.1) is 0 Å². The maximum Gasteiger partial charge on any atom is 0.312 e. The molecule has 0 saturated heterocycles. The van der Waals surface area contributed by atoms with E-state index in [2.05, 4.69) is 10.6 Å². The minimum Gasteiger partial charge on any atom is -0.352 e. The number of urea groups is 1. The first-order valence-corrected chi connectivity index (χ1v) is 8.36. The Balaban J connectivity index is 2.02. The fourth-order valence-electron chi connectivity index (χ4n) is 2.27. The number of hydrogen-bond donors (Lipinski definition) is 3. The van der Waals surface area contributed by atoms with Gasteiger partial charge < -0.3 is 16.4 Å². The maximum absolute atomic E-state index is 12.3. The number of amides is 3. The minimum absolute atomic E-state index is 0.109. The van der Waals surface area contributed by atoms with Gasteiger partial charge in [0.15, 0.2) is 0 Å². The van der Waals surface area contributed by atoms with Crippen molar-refractivity contribution < 1.29 is 9.59 Å². The summed E-state index contributed by atoms with van der Waals surface area (Å²) in [7, 11) is 0. The predicted molar refractivity (Wildman–Crippen MR) is 92.4 cm³/mol. The van der Waals surface area contributed by atoms with E-state index in [-0.39, 0.29) is 18.4 Å². The molecule has 3 amide bonds. The predicted octanol–water partition coefficient (Wildman–Crippen LogP) is 3.38. The normalized spacial score (nSPS) is 13.1. The van der Waals surface area contributed by atoms with Gasteiger partial charge in [0.2, 0.25) is 5.91 Å². The van der Waals surface area contributed by atoms with Crippen LogP contribution in [0.5, 0.6) is 0 Å². The first-order chi connectivity index (χ1) is 11.0. The van der Waals surface area contributed by atoms with Crippen LogP contribution in [0.25, 0.3) is 0 Å². The lowest BCUT2D eigenvalue weighted by atomic mass is 10.1. The van der Waals surface area contributed by atoms with Crippen LogP contribution in [0.4, 0.5) is 4.79 Å². The molecule has 23 heavy (non-hydrogen) atoms. The minimum atomic E-state index is -0.657. The van der Waals surface area contributed by atoms with E-state index in [1.54, 1.807) is 6.07 Å². The third kappa shape index (κ3) is 4.97. The highest BCUT2D eigenvalue weighted by Gasteiger charge is 2.20. The SMILES string of the molecule is C[C@@H](NC(=O)C[C@H](NC(N)=O)c1cccs1)c1ccccc1Cl. The van der Waals surface area contributed by atoms with E-state index in [4.69, 9.17) is 17.3 Å². The van der Waals surface area contributed by atoms with Gasteiger partial charge in [-0.15, -0.1) is 11.3 Å². The zero-order chi connectivity index (χ0) is 16.8. The van der Waals surface area contributed by atoms with Crippen molar-refractivity contribution in [3.63, 3.8) is 0 Å². The van der Waals surface area contributed by atoms with Gasteiger partial charge in [-0.05, 0) is 30.0 Å². The lowest BCUT2D eigenvalue weighted by Gasteiger charge is -2.19. The van der Waals surface area contributed by atoms with Crippen LogP contribution < -0.4 is 16.4 Å². The van der Waals surface area contributed by atoms with Crippen molar-refractivity contribution in [2.75, 3.05) is 0 Å². The smallest absolute Gasteiger partial charge is 0.312 e. The lowest BCUT2D eigenvalue weighted by Crippen LogP contribution is -2.36. The lowest BCUT2D eigenvalue weighted by molar-refractivity contribution is -0.122. The number of primary amides is 1. The second kappa shape index (κ2) is 7.99. The summed E-state index contributed by atoms with van der Waals surface area (Å²) in [6.45, 7) is 1.86. The molecule has 2 atom stereocenters. The van der Waals surface area contributed by atoms with Gasteiger partial charge in [0.25, 0.3) is 0 Å². The van der Waals surface area contributed by atoms with Gasteiger partial charge in [0.1, 0.15) is 0 Å². The quantitative estimate of drug-likeness (QED) is 0.745. The van der Waals surface area contributed by atoms with E-state index in [0.29, 0.717) is 5.02 Å². The Hall–Kier alpha value is -2.05. The van der Waals surface area contributed by atoms with E-state index in [1.165, 1.54) is 11.3 Å². The number of thiophene rings is 1. The van der Waals surface area contributed by atoms with Crippen molar-refractivity contribution in [1.82, 2.24) is 10.6 Å². The first-order valence-electron chi connectivity index (χ1n) is 7.10. The highest BCUT2D eigenvalue weighted by molar-refractivity contribution is 7.10. The molecule has 0 radical (unpaired) electrons. The third-order valence-corrected chi connectivity index (χ3v) is 4.67. The Morgan fingerprint density at radius 3 is 2.57 bits per heavy atom. The van der Waals surface area contributed by atoms with E-state index in [1.807, 2.05) is 42.6 Å². The molecule has 2 aromatic rings. The summed E-state index contributed by atoms with van der Waals surface area (Å²) < 4.78 is 0. The summed E-state index contributed by atoms with van der Waals surface area (Å²) in [4.78, 5) is 24.3. The summed E-state index contributed by atoms with van der Waals surface area (Å²) in [5.41, 5.74) is 6.04. The molecule has 0 aliphatic rings. The monoisotopic (exact) mass is 351 g/mol. The van der Waals surface area contributed by atoms with Gasteiger partial charge in [-0.1, -0.05) is 35.9 Å². The van der Waals surface area contributed by atoms with Crippen molar-refractivity contribution in [3.8, 4) is 0 Å². The van der Waals surface area contributed by atoms with Crippen molar-refractivity contribution in [2.24, 2.45) is 5.73 Å². The van der Waals surface area contributed by atoms with Crippen LogP contribution in [-0.4, -0.2) is 11.9 Å². The number of nitrogens with two attached hydrogens (primary N) is 1. The molecule has 0 fully saturated rings. The molecule has 4 N–H and O–H groups in total. The Labute approximate surface area is 143 Å². The van der Waals surface area contributed by atoms with Gasteiger partial charge >= 0.3 is 6.03 Å². The second-order valence-electron chi connectivity index (χ2n) is 5.09. The molecule has 0 unspecified atom stereocenters. The molecule has 5 nitrogen and oxygen atoms in total. The second-order valence-corrected chi connectivity index (χ2v) is 6.48. The number of carbonyl (C=O) groups excluding carboxylic acids is 2. The summed E-state index contributed by atoms with van der Waals surface area (Å²) in [5.74, 6) is -0.190. The molecular formula is C16H18ClN3O2S. The topological polar surface area (TPSA) is 84.2 Å². The van der Waals surface area contributed by atoms with Crippen LogP contribution in [0.2, 0.25) is 5.02 Å². The van der Waals surface area contributed by atoms with Gasteiger partial charge in [-0.3, -0.25) is 4.79 Å². The zero-order valence-corrected chi connectivity index (χ0v) is 14.2.